The molecule has 0 bridgehead atoms. The van der Waals surface area contributed by atoms with Gasteiger partial charge in [-0.1, -0.05) is 12.1 Å². The van der Waals surface area contributed by atoms with Gasteiger partial charge in [0.2, 0.25) is 11.8 Å². The lowest BCUT2D eigenvalue weighted by Gasteiger charge is -2.10. The molecule has 2 aromatic carbocycles. The van der Waals surface area contributed by atoms with Gasteiger partial charge in [-0.05, 0) is 42.8 Å². The molecular formula is C20H24N4O4. The summed E-state index contributed by atoms with van der Waals surface area (Å²) in [6.07, 6.45) is 0.733. The van der Waals surface area contributed by atoms with Crippen LogP contribution in [0.1, 0.15) is 27.1 Å². The van der Waals surface area contributed by atoms with Crippen molar-refractivity contribution in [2.24, 2.45) is 5.73 Å². The van der Waals surface area contributed by atoms with Crippen molar-refractivity contribution in [1.82, 2.24) is 5.32 Å². The summed E-state index contributed by atoms with van der Waals surface area (Å²) in [6.45, 7) is 1.11. The molecular weight excluding hydrogens is 360 g/mol. The minimum absolute atomic E-state index is 0.000287. The zero-order chi connectivity index (χ0) is 20.4. The van der Waals surface area contributed by atoms with E-state index in [0.29, 0.717) is 35.7 Å². The predicted octanol–water partition coefficient (Wildman–Crippen LogP) is 1.60. The first-order valence-electron chi connectivity index (χ1n) is 8.80. The van der Waals surface area contributed by atoms with Crippen molar-refractivity contribution in [2.75, 3.05) is 37.4 Å². The number of anilines is 2. The summed E-state index contributed by atoms with van der Waals surface area (Å²) in [5, 5.41) is 8.46. The van der Waals surface area contributed by atoms with E-state index >= 15 is 0 Å². The Labute approximate surface area is 163 Å². The van der Waals surface area contributed by atoms with Gasteiger partial charge in [0.05, 0.1) is 6.54 Å². The summed E-state index contributed by atoms with van der Waals surface area (Å²) < 4.78 is 4.94. The lowest BCUT2D eigenvalue weighted by Crippen LogP contribution is -2.25. The SMILES string of the molecule is COCCCNC(=O)c1cccc(NCC(=O)Nc2cccc(C(N)=O)c2)c1. The van der Waals surface area contributed by atoms with Crippen molar-refractivity contribution in [3.63, 3.8) is 0 Å². The molecule has 8 nitrogen and oxygen atoms in total. The maximum Gasteiger partial charge on any atom is 0.251 e. The number of hydrogen-bond donors (Lipinski definition) is 4. The molecule has 28 heavy (non-hydrogen) atoms. The van der Waals surface area contributed by atoms with Crippen LogP contribution in [0.25, 0.3) is 0 Å². The first kappa shape index (κ1) is 20.9. The van der Waals surface area contributed by atoms with Crippen molar-refractivity contribution in [1.29, 1.82) is 0 Å². The van der Waals surface area contributed by atoms with Gasteiger partial charge in [-0.25, -0.2) is 0 Å². The van der Waals surface area contributed by atoms with E-state index in [-0.39, 0.29) is 18.4 Å². The molecule has 5 N–H and O–H groups in total. The number of nitrogens with one attached hydrogen (secondary N) is 3. The van der Waals surface area contributed by atoms with Crippen molar-refractivity contribution in [3.8, 4) is 0 Å². The van der Waals surface area contributed by atoms with Crippen LogP contribution in [0.2, 0.25) is 0 Å². The number of amides is 3. The summed E-state index contributed by atoms with van der Waals surface area (Å²) in [7, 11) is 1.61. The first-order chi connectivity index (χ1) is 13.5. The van der Waals surface area contributed by atoms with Gasteiger partial charge < -0.3 is 26.4 Å². The number of rotatable bonds is 10. The molecule has 0 saturated carbocycles. The number of ether oxygens (including phenoxy) is 1. The summed E-state index contributed by atoms with van der Waals surface area (Å²) in [5.74, 6) is -1.05. The molecule has 0 fully saturated rings. The molecule has 0 aliphatic carbocycles. The average molecular weight is 384 g/mol. The minimum Gasteiger partial charge on any atom is -0.385 e. The van der Waals surface area contributed by atoms with Gasteiger partial charge >= 0.3 is 0 Å². The highest BCUT2D eigenvalue weighted by atomic mass is 16.5. The number of hydrogen-bond acceptors (Lipinski definition) is 5. The molecule has 3 amide bonds. The van der Waals surface area contributed by atoms with Crippen LogP contribution < -0.4 is 21.7 Å². The Kier molecular flexibility index (Phi) is 7.98. The maximum absolute atomic E-state index is 12.1. The second kappa shape index (κ2) is 10.7. The Morgan fingerprint density at radius 1 is 1.00 bits per heavy atom. The van der Waals surface area contributed by atoms with E-state index in [0.717, 1.165) is 6.42 Å². The predicted molar refractivity (Wildman–Crippen MR) is 107 cm³/mol. The average Bonchev–Trinajstić information content (AvgIpc) is 2.70. The van der Waals surface area contributed by atoms with Crippen LogP contribution in [-0.4, -0.2) is 44.5 Å². The monoisotopic (exact) mass is 384 g/mol. The van der Waals surface area contributed by atoms with Gasteiger partial charge in [0.25, 0.3) is 5.91 Å². The highest BCUT2D eigenvalue weighted by Crippen LogP contribution is 2.12. The van der Waals surface area contributed by atoms with Crippen LogP contribution in [0.3, 0.4) is 0 Å². The Morgan fingerprint density at radius 2 is 1.68 bits per heavy atom. The van der Waals surface area contributed by atoms with E-state index in [1.165, 1.54) is 6.07 Å². The van der Waals surface area contributed by atoms with Crippen molar-refractivity contribution in [2.45, 2.75) is 6.42 Å². The Bertz CT molecular complexity index is 838. The van der Waals surface area contributed by atoms with Gasteiger partial charge in [-0.3, -0.25) is 14.4 Å². The molecule has 0 heterocycles. The van der Waals surface area contributed by atoms with Gasteiger partial charge in [-0.2, -0.15) is 0 Å². The molecule has 8 heteroatoms. The number of nitrogens with two attached hydrogens (primary N) is 1. The fourth-order valence-electron chi connectivity index (χ4n) is 2.43. The van der Waals surface area contributed by atoms with E-state index in [4.69, 9.17) is 10.5 Å². The van der Waals surface area contributed by atoms with Crippen LogP contribution in [0.5, 0.6) is 0 Å². The highest BCUT2D eigenvalue weighted by Gasteiger charge is 2.08. The third-order valence-corrected chi connectivity index (χ3v) is 3.82. The van der Waals surface area contributed by atoms with Crippen LogP contribution >= 0.6 is 0 Å². The van der Waals surface area contributed by atoms with Crippen molar-refractivity contribution < 1.29 is 19.1 Å². The second-order valence-corrected chi connectivity index (χ2v) is 6.03. The summed E-state index contributed by atoms with van der Waals surface area (Å²) >= 11 is 0. The van der Waals surface area contributed by atoms with Crippen molar-refractivity contribution >= 4 is 29.1 Å². The van der Waals surface area contributed by atoms with E-state index in [1.54, 1.807) is 49.6 Å². The third kappa shape index (κ3) is 6.73. The number of carbonyl (C=O) groups excluding carboxylic acids is 3. The van der Waals surface area contributed by atoms with Gasteiger partial charge in [0.15, 0.2) is 0 Å². The zero-order valence-electron chi connectivity index (χ0n) is 15.7. The lowest BCUT2D eigenvalue weighted by molar-refractivity contribution is -0.114. The van der Waals surface area contributed by atoms with Crippen LogP contribution in [-0.2, 0) is 9.53 Å². The largest absolute Gasteiger partial charge is 0.385 e. The third-order valence-electron chi connectivity index (χ3n) is 3.82. The molecule has 0 spiro atoms. The molecule has 0 aromatic heterocycles. The fourth-order valence-corrected chi connectivity index (χ4v) is 2.43. The van der Waals surface area contributed by atoms with E-state index < -0.39 is 5.91 Å². The van der Waals surface area contributed by atoms with Crippen LogP contribution in [0.15, 0.2) is 48.5 Å². The number of methoxy groups -OCH3 is 1. The van der Waals surface area contributed by atoms with Crippen molar-refractivity contribution in [3.05, 3.63) is 59.7 Å². The number of carbonyl (C=O) groups is 3. The molecule has 0 atom stereocenters. The number of benzene rings is 2. The highest BCUT2D eigenvalue weighted by molar-refractivity contribution is 5.98. The molecule has 148 valence electrons. The zero-order valence-corrected chi connectivity index (χ0v) is 15.7. The first-order valence-corrected chi connectivity index (χ1v) is 8.80. The standard InChI is InChI=1S/C20H24N4O4/c1-28-10-4-9-22-20(27)15-6-3-7-16(12-15)23-13-18(25)24-17-8-2-5-14(11-17)19(21)26/h2-3,5-8,11-12,23H,4,9-10,13H2,1H3,(H2,21,26)(H,22,27)(H,24,25). The summed E-state index contributed by atoms with van der Waals surface area (Å²) in [4.78, 5) is 35.4. The molecule has 2 aromatic rings. The van der Waals surface area contributed by atoms with Gasteiger partial charge in [0.1, 0.15) is 0 Å². The quantitative estimate of drug-likeness (QED) is 0.464. The lowest BCUT2D eigenvalue weighted by atomic mass is 10.2. The minimum atomic E-state index is -0.563. The normalized spacial score (nSPS) is 10.2. The molecule has 0 radical (unpaired) electrons. The van der Waals surface area contributed by atoms with Crippen LogP contribution in [0.4, 0.5) is 11.4 Å². The van der Waals surface area contributed by atoms with E-state index in [2.05, 4.69) is 16.0 Å². The topological polar surface area (TPSA) is 123 Å². The molecule has 2 rings (SSSR count). The smallest absolute Gasteiger partial charge is 0.251 e. The molecule has 0 aliphatic heterocycles. The Hall–Kier alpha value is -3.39. The molecule has 0 aliphatic rings. The van der Waals surface area contributed by atoms with Gasteiger partial charge in [-0.15, -0.1) is 0 Å². The summed E-state index contributed by atoms with van der Waals surface area (Å²) in [6, 6.07) is 13.3. The van der Waals surface area contributed by atoms with E-state index in [9.17, 15) is 14.4 Å². The maximum atomic E-state index is 12.1. The van der Waals surface area contributed by atoms with Crippen LogP contribution in [0, 0.1) is 0 Å². The van der Waals surface area contributed by atoms with E-state index in [1.807, 2.05) is 0 Å². The molecule has 0 saturated heterocycles. The Morgan fingerprint density at radius 3 is 2.39 bits per heavy atom. The Balaban J connectivity index is 1.86. The summed E-state index contributed by atoms with van der Waals surface area (Å²) in [5.41, 5.74) is 7.16. The second-order valence-electron chi connectivity index (χ2n) is 6.03. The van der Waals surface area contributed by atoms with Gasteiger partial charge in [0, 0.05) is 42.8 Å². The fraction of sp³-hybridized carbons (Fsp3) is 0.250. The molecule has 0 unspecified atom stereocenters. The number of primary amides is 1.